The molecule has 1 aliphatic carbocycles. The second kappa shape index (κ2) is 5.24. The van der Waals surface area contributed by atoms with Crippen molar-refractivity contribution in [2.75, 3.05) is 6.54 Å². The third-order valence-corrected chi connectivity index (χ3v) is 4.53. The Morgan fingerprint density at radius 2 is 2.44 bits per heavy atom. The maximum atomic E-state index is 8.62. The average molecular weight is 268 g/mol. The van der Waals surface area contributed by atoms with Crippen molar-refractivity contribution in [3.05, 3.63) is 16.1 Å². The van der Waals surface area contributed by atoms with Gasteiger partial charge in [0.25, 0.3) is 0 Å². The van der Waals surface area contributed by atoms with Gasteiger partial charge in [-0.3, -0.25) is 0 Å². The molecule has 18 heavy (non-hydrogen) atoms. The van der Waals surface area contributed by atoms with E-state index in [0.717, 1.165) is 24.4 Å². The minimum atomic E-state index is 0.191. The topological polar surface area (TPSA) is 83.5 Å². The molecular formula is C12H20N4OS. The predicted octanol–water partition coefficient (Wildman–Crippen LogP) is 2.02. The smallest absolute Gasteiger partial charge is 0.139 e. The van der Waals surface area contributed by atoms with Crippen molar-refractivity contribution in [2.45, 2.75) is 39.2 Å². The highest BCUT2D eigenvalue weighted by Crippen LogP contribution is 2.48. The van der Waals surface area contributed by atoms with Gasteiger partial charge in [0.05, 0.1) is 6.04 Å². The summed E-state index contributed by atoms with van der Waals surface area (Å²) in [7, 11) is 0. The van der Waals surface area contributed by atoms with E-state index in [1.807, 2.05) is 6.20 Å². The van der Waals surface area contributed by atoms with E-state index in [1.165, 1.54) is 4.88 Å². The summed E-state index contributed by atoms with van der Waals surface area (Å²) in [5.74, 6) is 0.326. The lowest BCUT2D eigenvalue weighted by Crippen LogP contribution is -2.30. The maximum absolute atomic E-state index is 8.62. The number of amidine groups is 1. The van der Waals surface area contributed by atoms with E-state index in [4.69, 9.17) is 10.9 Å². The van der Waals surface area contributed by atoms with Gasteiger partial charge in [-0.2, -0.15) is 0 Å². The normalized spacial score (nSPS) is 19.8. The Morgan fingerprint density at radius 3 is 2.94 bits per heavy atom. The van der Waals surface area contributed by atoms with E-state index >= 15 is 0 Å². The highest BCUT2D eigenvalue weighted by molar-refractivity contribution is 7.11. The third-order valence-electron chi connectivity index (χ3n) is 3.43. The Labute approximate surface area is 111 Å². The molecule has 0 aromatic carbocycles. The summed E-state index contributed by atoms with van der Waals surface area (Å²) in [6.45, 7) is 5.08. The van der Waals surface area contributed by atoms with Crippen LogP contribution in [0.1, 0.15) is 42.1 Å². The van der Waals surface area contributed by atoms with Gasteiger partial charge in [0.1, 0.15) is 10.8 Å². The molecule has 0 spiro atoms. The molecular weight excluding hydrogens is 248 g/mol. The van der Waals surface area contributed by atoms with Crippen LogP contribution in [0, 0.1) is 12.3 Å². The van der Waals surface area contributed by atoms with Gasteiger partial charge < -0.3 is 16.3 Å². The second-order valence-corrected chi connectivity index (χ2v) is 6.45. The van der Waals surface area contributed by atoms with Crippen LogP contribution in [0.5, 0.6) is 0 Å². The average Bonchev–Trinajstić information content (AvgIpc) is 2.98. The Kier molecular flexibility index (Phi) is 3.87. The minimum absolute atomic E-state index is 0.191. The quantitative estimate of drug-likeness (QED) is 0.319. The maximum Gasteiger partial charge on any atom is 0.139 e. The van der Waals surface area contributed by atoms with E-state index in [-0.39, 0.29) is 11.5 Å². The lowest BCUT2D eigenvalue weighted by atomic mass is 10.0. The highest BCUT2D eigenvalue weighted by atomic mass is 32.1. The number of oxime groups is 1. The van der Waals surface area contributed by atoms with Crippen molar-refractivity contribution in [2.24, 2.45) is 16.3 Å². The molecule has 100 valence electrons. The number of rotatable bonds is 6. The molecule has 1 heterocycles. The fourth-order valence-electron chi connectivity index (χ4n) is 2.04. The van der Waals surface area contributed by atoms with Crippen LogP contribution in [-0.4, -0.2) is 22.6 Å². The summed E-state index contributed by atoms with van der Waals surface area (Å²) in [6, 6.07) is 0.258. The molecule has 1 aliphatic rings. The monoisotopic (exact) mass is 268 g/mol. The molecule has 0 saturated heterocycles. The fraction of sp³-hybridized carbons (Fsp3) is 0.667. The summed E-state index contributed by atoms with van der Waals surface area (Å²) in [5, 5.41) is 16.3. The molecule has 1 saturated carbocycles. The predicted molar refractivity (Wildman–Crippen MR) is 73.0 cm³/mol. The lowest BCUT2D eigenvalue weighted by molar-refractivity contribution is 0.313. The van der Waals surface area contributed by atoms with Crippen molar-refractivity contribution in [3.63, 3.8) is 0 Å². The van der Waals surface area contributed by atoms with Crippen LogP contribution in [0.3, 0.4) is 0 Å². The minimum Gasteiger partial charge on any atom is -0.409 e. The first-order valence-corrected chi connectivity index (χ1v) is 6.98. The Bertz CT molecular complexity index is 439. The van der Waals surface area contributed by atoms with E-state index < -0.39 is 0 Å². The molecule has 0 amide bonds. The Balaban J connectivity index is 1.84. The first-order valence-electron chi connectivity index (χ1n) is 6.17. The molecule has 2 rings (SSSR count). The van der Waals surface area contributed by atoms with Gasteiger partial charge in [0, 0.05) is 24.0 Å². The van der Waals surface area contributed by atoms with Crippen LogP contribution in [0.4, 0.5) is 0 Å². The van der Waals surface area contributed by atoms with E-state index in [9.17, 15) is 0 Å². The van der Waals surface area contributed by atoms with Crippen molar-refractivity contribution in [1.82, 2.24) is 10.3 Å². The van der Waals surface area contributed by atoms with Gasteiger partial charge in [-0.1, -0.05) is 5.16 Å². The van der Waals surface area contributed by atoms with Crippen LogP contribution >= 0.6 is 11.3 Å². The molecule has 1 unspecified atom stereocenters. The summed E-state index contributed by atoms with van der Waals surface area (Å²) in [6.07, 6.45) is 4.85. The van der Waals surface area contributed by atoms with Crippen molar-refractivity contribution < 1.29 is 5.21 Å². The summed E-state index contributed by atoms with van der Waals surface area (Å²) in [5.41, 5.74) is 5.77. The van der Waals surface area contributed by atoms with Crippen molar-refractivity contribution in [1.29, 1.82) is 0 Å². The number of nitrogens with two attached hydrogens (primary N) is 1. The number of thiazole rings is 1. The number of aryl methyl sites for hydroxylation is 1. The Hall–Kier alpha value is -1.14. The summed E-state index contributed by atoms with van der Waals surface area (Å²) in [4.78, 5) is 5.61. The lowest BCUT2D eigenvalue weighted by Gasteiger charge is -2.18. The molecule has 4 N–H and O–H groups in total. The van der Waals surface area contributed by atoms with Crippen LogP contribution in [0.15, 0.2) is 11.4 Å². The van der Waals surface area contributed by atoms with Crippen LogP contribution < -0.4 is 11.1 Å². The Morgan fingerprint density at radius 1 is 1.72 bits per heavy atom. The number of hydrogen-bond acceptors (Lipinski definition) is 5. The molecule has 5 nitrogen and oxygen atoms in total. The van der Waals surface area contributed by atoms with Gasteiger partial charge >= 0.3 is 0 Å². The number of nitrogens with one attached hydrogen (secondary N) is 1. The van der Waals surface area contributed by atoms with Gasteiger partial charge in [-0.15, -0.1) is 11.3 Å². The summed E-state index contributed by atoms with van der Waals surface area (Å²) >= 11 is 1.72. The highest BCUT2D eigenvalue weighted by Gasteiger charge is 2.43. The number of hydrogen-bond donors (Lipinski definition) is 3. The molecule has 0 aliphatic heterocycles. The van der Waals surface area contributed by atoms with Gasteiger partial charge in [0.2, 0.25) is 0 Å². The third kappa shape index (κ3) is 3.20. The van der Waals surface area contributed by atoms with E-state index in [0.29, 0.717) is 12.3 Å². The molecule has 1 aromatic rings. The molecule has 0 bridgehead atoms. The van der Waals surface area contributed by atoms with E-state index in [1.54, 1.807) is 11.3 Å². The molecule has 6 heteroatoms. The van der Waals surface area contributed by atoms with E-state index in [2.05, 4.69) is 29.3 Å². The first-order chi connectivity index (χ1) is 8.54. The van der Waals surface area contributed by atoms with Gasteiger partial charge in [-0.05, 0) is 32.1 Å². The zero-order valence-electron chi connectivity index (χ0n) is 10.8. The molecule has 1 aromatic heterocycles. The van der Waals surface area contributed by atoms with Crippen molar-refractivity contribution in [3.8, 4) is 0 Å². The van der Waals surface area contributed by atoms with Crippen LogP contribution in [0.25, 0.3) is 0 Å². The first kappa shape index (κ1) is 13.3. The molecule has 0 radical (unpaired) electrons. The molecule has 1 atom stereocenters. The van der Waals surface area contributed by atoms with Crippen molar-refractivity contribution >= 4 is 17.2 Å². The molecule has 1 fully saturated rings. The number of nitrogens with zero attached hydrogens (tertiary/aromatic N) is 2. The van der Waals surface area contributed by atoms with Crippen LogP contribution in [-0.2, 0) is 0 Å². The summed E-state index contributed by atoms with van der Waals surface area (Å²) < 4.78 is 0. The fourth-order valence-corrected chi connectivity index (χ4v) is 2.84. The van der Waals surface area contributed by atoms with Gasteiger partial charge in [0.15, 0.2) is 0 Å². The largest absolute Gasteiger partial charge is 0.409 e. The van der Waals surface area contributed by atoms with Gasteiger partial charge in [-0.25, -0.2) is 4.98 Å². The second-order valence-electron chi connectivity index (χ2n) is 5.18. The number of aromatic nitrogens is 1. The zero-order valence-corrected chi connectivity index (χ0v) is 11.6. The zero-order chi connectivity index (χ0) is 13.2. The van der Waals surface area contributed by atoms with Crippen LogP contribution in [0.2, 0.25) is 0 Å². The SMILES string of the molecule is Cc1cnc(C(C)NCC2(C/C(N)=N/O)CC2)s1. The standard InChI is InChI=1S/C12H20N4OS/c1-8-6-14-11(18-8)9(2)15-7-12(3-4-12)5-10(13)16-17/h6,9,15,17H,3-5,7H2,1-2H3,(H2,13,16).